The monoisotopic (exact) mass is 253 g/mol. The molecule has 5 heteroatoms. The maximum atomic E-state index is 5.78. The number of nitrogens with two attached hydrogens (primary N) is 1. The zero-order valence-electron chi connectivity index (χ0n) is 10.5. The van der Waals surface area contributed by atoms with E-state index in [1.54, 1.807) is 7.11 Å². The van der Waals surface area contributed by atoms with E-state index in [2.05, 4.69) is 10.3 Å². The Labute approximate surface area is 107 Å². The van der Waals surface area contributed by atoms with Crippen LogP contribution in [0.15, 0.2) is 23.2 Å². The average Bonchev–Trinajstić information content (AvgIpc) is 2.30. The van der Waals surface area contributed by atoms with Crippen molar-refractivity contribution in [1.82, 2.24) is 5.32 Å². The van der Waals surface area contributed by atoms with Gasteiger partial charge in [0.1, 0.15) is 5.75 Å². The lowest BCUT2D eigenvalue weighted by Gasteiger charge is -2.08. The standard InChI is InChI=1S/C12H19N3OS/c1-4-17-12(13)15-10-5-6-11(16-3)9(7-10)8-14-2/h5-7,14H,4,8H2,1-3H3,(H2,13,15). The highest BCUT2D eigenvalue weighted by atomic mass is 32.2. The number of rotatable bonds is 5. The quantitative estimate of drug-likeness (QED) is 0.623. The molecule has 0 aromatic heterocycles. The molecule has 0 saturated heterocycles. The van der Waals surface area contributed by atoms with Gasteiger partial charge in [0.05, 0.1) is 12.8 Å². The highest BCUT2D eigenvalue weighted by Crippen LogP contribution is 2.24. The van der Waals surface area contributed by atoms with E-state index in [0.717, 1.165) is 29.3 Å². The van der Waals surface area contributed by atoms with Crippen LogP contribution in [0.4, 0.5) is 5.69 Å². The van der Waals surface area contributed by atoms with Crippen LogP contribution in [-0.4, -0.2) is 25.1 Å². The second-order valence-corrected chi connectivity index (χ2v) is 4.69. The minimum atomic E-state index is 0.591. The van der Waals surface area contributed by atoms with Gasteiger partial charge >= 0.3 is 0 Å². The molecule has 0 fully saturated rings. The maximum absolute atomic E-state index is 5.78. The molecule has 3 N–H and O–H groups in total. The van der Waals surface area contributed by atoms with Gasteiger partial charge in [0.15, 0.2) is 5.17 Å². The normalized spacial score (nSPS) is 11.6. The lowest BCUT2D eigenvalue weighted by molar-refractivity contribution is 0.408. The van der Waals surface area contributed by atoms with Crippen molar-refractivity contribution in [3.05, 3.63) is 23.8 Å². The van der Waals surface area contributed by atoms with Crippen LogP contribution >= 0.6 is 11.8 Å². The summed E-state index contributed by atoms with van der Waals surface area (Å²) in [5.41, 5.74) is 7.71. The maximum Gasteiger partial charge on any atom is 0.159 e. The molecule has 4 nitrogen and oxygen atoms in total. The summed E-state index contributed by atoms with van der Waals surface area (Å²) in [5.74, 6) is 1.79. The Balaban J connectivity index is 2.95. The summed E-state index contributed by atoms with van der Waals surface area (Å²) in [4.78, 5) is 4.34. The SMILES string of the molecule is CCSC(N)=Nc1ccc(OC)c(CNC)c1. The topological polar surface area (TPSA) is 59.6 Å². The third-order valence-electron chi connectivity index (χ3n) is 2.16. The molecule has 0 amide bonds. The van der Waals surface area contributed by atoms with Crippen molar-refractivity contribution in [2.24, 2.45) is 10.7 Å². The Bertz CT molecular complexity index is 393. The summed E-state index contributed by atoms with van der Waals surface area (Å²) in [5, 5.41) is 3.69. The lowest BCUT2D eigenvalue weighted by atomic mass is 10.2. The summed E-state index contributed by atoms with van der Waals surface area (Å²) in [7, 11) is 3.56. The fraction of sp³-hybridized carbons (Fsp3) is 0.417. The average molecular weight is 253 g/mol. The zero-order valence-corrected chi connectivity index (χ0v) is 11.3. The Kier molecular flexibility index (Phi) is 5.86. The van der Waals surface area contributed by atoms with Gasteiger partial charge in [-0.15, -0.1) is 0 Å². The molecular formula is C12H19N3OS. The number of ether oxygens (including phenoxy) is 1. The van der Waals surface area contributed by atoms with Crippen molar-refractivity contribution in [2.45, 2.75) is 13.5 Å². The highest BCUT2D eigenvalue weighted by Gasteiger charge is 2.03. The smallest absolute Gasteiger partial charge is 0.159 e. The van der Waals surface area contributed by atoms with Crippen LogP contribution in [0.5, 0.6) is 5.75 Å². The van der Waals surface area contributed by atoms with Gasteiger partial charge in [-0.2, -0.15) is 0 Å². The van der Waals surface area contributed by atoms with Crippen LogP contribution in [0, 0.1) is 0 Å². The van der Waals surface area contributed by atoms with E-state index in [0.29, 0.717) is 5.17 Å². The number of nitrogens with one attached hydrogen (secondary N) is 1. The fourth-order valence-corrected chi connectivity index (χ4v) is 1.94. The van der Waals surface area contributed by atoms with Gasteiger partial charge in [0, 0.05) is 12.1 Å². The molecule has 0 spiro atoms. The number of hydrogen-bond acceptors (Lipinski definition) is 4. The third kappa shape index (κ3) is 4.28. The van der Waals surface area contributed by atoms with Crippen LogP contribution < -0.4 is 15.8 Å². The highest BCUT2D eigenvalue weighted by molar-refractivity contribution is 8.13. The van der Waals surface area contributed by atoms with Crippen LogP contribution in [0.1, 0.15) is 12.5 Å². The number of methoxy groups -OCH3 is 1. The second-order valence-electron chi connectivity index (χ2n) is 3.41. The van der Waals surface area contributed by atoms with Crippen molar-refractivity contribution < 1.29 is 4.74 Å². The van der Waals surface area contributed by atoms with Gasteiger partial charge in [-0.25, -0.2) is 4.99 Å². The summed E-state index contributed by atoms with van der Waals surface area (Å²) >= 11 is 1.54. The van der Waals surface area contributed by atoms with E-state index >= 15 is 0 Å². The van der Waals surface area contributed by atoms with Crippen LogP contribution in [0.25, 0.3) is 0 Å². The Morgan fingerprint density at radius 2 is 2.29 bits per heavy atom. The van der Waals surface area contributed by atoms with Crippen molar-refractivity contribution in [3.8, 4) is 5.75 Å². The Hall–Kier alpha value is -1.20. The molecule has 17 heavy (non-hydrogen) atoms. The summed E-state index contributed by atoms with van der Waals surface area (Å²) in [6.45, 7) is 2.79. The first-order valence-electron chi connectivity index (χ1n) is 5.49. The number of benzene rings is 1. The molecule has 0 aliphatic heterocycles. The van der Waals surface area contributed by atoms with Gasteiger partial charge in [0.2, 0.25) is 0 Å². The van der Waals surface area contributed by atoms with Gasteiger partial charge in [0.25, 0.3) is 0 Å². The molecule has 0 saturated carbocycles. The predicted octanol–water partition coefficient (Wildman–Crippen LogP) is 2.11. The minimum Gasteiger partial charge on any atom is -0.496 e. The van der Waals surface area contributed by atoms with E-state index in [4.69, 9.17) is 10.5 Å². The molecule has 1 rings (SSSR count). The molecule has 0 unspecified atom stereocenters. The van der Waals surface area contributed by atoms with E-state index in [9.17, 15) is 0 Å². The summed E-state index contributed by atoms with van der Waals surface area (Å²) < 4.78 is 5.28. The van der Waals surface area contributed by atoms with Crippen LogP contribution in [0.3, 0.4) is 0 Å². The van der Waals surface area contributed by atoms with Gasteiger partial charge in [-0.1, -0.05) is 18.7 Å². The molecule has 0 atom stereocenters. The number of amidine groups is 1. The van der Waals surface area contributed by atoms with Crippen molar-refractivity contribution >= 4 is 22.6 Å². The van der Waals surface area contributed by atoms with Gasteiger partial charge in [-0.3, -0.25) is 0 Å². The third-order valence-corrected chi connectivity index (χ3v) is 2.84. The minimum absolute atomic E-state index is 0.591. The predicted molar refractivity (Wildman–Crippen MR) is 75.2 cm³/mol. The zero-order chi connectivity index (χ0) is 12.7. The van der Waals surface area contributed by atoms with E-state index in [1.807, 2.05) is 32.2 Å². The first-order valence-corrected chi connectivity index (χ1v) is 6.48. The number of thioether (sulfide) groups is 1. The first-order chi connectivity index (χ1) is 8.21. The summed E-state index contributed by atoms with van der Waals surface area (Å²) in [6, 6.07) is 5.80. The molecule has 0 aliphatic rings. The molecule has 1 aromatic rings. The lowest BCUT2D eigenvalue weighted by Crippen LogP contribution is -2.07. The molecular weight excluding hydrogens is 234 g/mol. The number of aliphatic imine (C=N–C) groups is 1. The Morgan fingerprint density at radius 1 is 1.53 bits per heavy atom. The van der Waals surface area contributed by atoms with Crippen molar-refractivity contribution in [2.75, 3.05) is 19.9 Å². The Morgan fingerprint density at radius 3 is 2.88 bits per heavy atom. The van der Waals surface area contributed by atoms with E-state index in [-0.39, 0.29) is 0 Å². The first kappa shape index (κ1) is 13.9. The van der Waals surface area contributed by atoms with Gasteiger partial charge in [-0.05, 0) is 31.0 Å². The molecule has 0 heterocycles. The van der Waals surface area contributed by atoms with E-state index < -0.39 is 0 Å². The van der Waals surface area contributed by atoms with E-state index in [1.165, 1.54) is 11.8 Å². The van der Waals surface area contributed by atoms with Gasteiger partial charge < -0.3 is 15.8 Å². The van der Waals surface area contributed by atoms with Crippen LogP contribution in [-0.2, 0) is 6.54 Å². The summed E-state index contributed by atoms with van der Waals surface area (Å²) in [6.07, 6.45) is 0. The fourth-order valence-electron chi connectivity index (χ4n) is 1.47. The number of nitrogens with zero attached hydrogens (tertiary/aromatic N) is 1. The molecule has 1 aromatic carbocycles. The molecule has 94 valence electrons. The molecule has 0 radical (unpaired) electrons. The van der Waals surface area contributed by atoms with Crippen molar-refractivity contribution in [1.29, 1.82) is 0 Å². The largest absolute Gasteiger partial charge is 0.496 e. The molecule has 0 aliphatic carbocycles. The van der Waals surface area contributed by atoms with Crippen molar-refractivity contribution in [3.63, 3.8) is 0 Å². The second kappa shape index (κ2) is 7.19. The number of hydrogen-bond donors (Lipinski definition) is 2. The van der Waals surface area contributed by atoms with Crippen LogP contribution in [0.2, 0.25) is 0 Å². The molecule has 0 bridgehead atoms.